The lowest BCUT2D eigenvalue weighted by molar-refractivity contribution is 0.647. The zero-order valence-electron chi connectivity index (χ0n) is 13.4. The Morgan fingerprint density at radius 2 is 1.44 bits per heavy atom. The minimum Gasteiger partial charge on any atom is -0.0914 e. The van der Waals surface area contributed by atoms with Crippen LogP contribution in [-0.2, 0) is 6.42 Å². The quantitative estimate of drug-likeness (QED) is 0.564. The van der Waals surface area contributed by atoms with Crippen molar-refractivity contribution >= 4 is 0 Å². The van der Waals surface area contributed by atoms with E-state index in [1.165, 1.54) is 12.0 Å². The summed E-state index contributed by atoms with van der Waals surface area (Å²) >= 11 is 0. The van der Waals surface area contributed by atoms with Gasteiger partial charge in [0.15, 0.2) is 0 Å². The molecule has 0 aliphatic heterocycles. The number of hydrogen-bond donors (Lipinski definition) is 0. The van der Waals surface area contributed by atoms with E-state index in [9.17, 15) is 0 Å². The fourth-order valence-corrected chi connectivity index (χ4v) is 1.47. The Hall–Kier alpha value is -1.04. The van der Waals surface area contributed by atoms with Crippen LogP contribution in [0.15, 0.2) is 42.5 Å². The van der Waals surface area contributed by atoms with Crippen LogP contribution in [0.2, 0.25) is 0 Å². The predicted molar refractivity (Wildman–Crippen MR) is 86.0 cm³/mol. The highest BCUT2D eigenvalue weighted by Gasteiger charge is 1.94. The minimum atomic E-state index is 0.718. The maximum absolute atomic E-state index is 2.24. The van der Waals surface area contributed by atoms with Gasteiger partial charge < -0.3 is 0 Å². The molecule has 0 N–H and O–H groups in total. The van der Waals surface area contributed by atoms with E-state index in [0.29, 0.717) is 0 Å². The molecule has 0 saturated carbocycles. The molecule has 1 aromatic carbocycles. The van der Waals surface area contributed by atoms with Crippen molar-refractivity contribution in [2.45, 2.75) is 54.9 Å². The zero-order valence-corrected chi connectivity index (χ0v) is 13.4. The van der Waals surface area contributed by atoms with Crippen LogP contribution in [0.4, 0.5) is 0 Å². The summed E-state index contributed by atoms with van der Waals surface area (Å²) < 4.78 is 0. The summed E-state index contributed by atoms with van der Waals surface area (Å²) in [4.78, 5) is 0. The molecule has 0 bridgehead atoms. The molecule has 0 fully saturated rings. The Morgan fingerprint density at radius 3 is 1.72 bits per heavy atom. The lowest BCUT2D eigenvalue weighted by Gasteiger charge is -2.02. The molecule has 0 spiro atoms. The first-order valence-corrected chi connectivity index (χ1v) is 7.23. The molecule has 0 nitrogen and oxygen atoms in total. The fraction of sp³-hybridized carbons (Fsp3) is 0.556. The van der Waals surface area contributed by atoms with Gasteiger partial charge in [-0.2, -0.15) is 0 Å². The first-order chi connectivity index (χ1) is 8.56. The van der Waals surface area contributed by atoms with Gasteiger partial charge in [0.05, 0.1) is 0 Å². The average molecular weight is 248 g/mol. The van der Waals surface area contributed by atoms with Gasteiger partial charge in [-0.3, -0.25) is 0 Å². The van der Waals surface area contributed by atoms with Gasteiger partial charge in [-0.05, 0) is 30.7 Å². The van der Waals surface area contributed by atoms with E-state index in [1.54, 1.807) is 0 Å². The second-order valence-corrected chi connectivity index (χ2v) is 4.85. The molecule has 0 amide bonds. The second-order valence-electron chi connectivity index (χ2n) is 4.85. The summed E-state index contributed by atoms with van der Waals surface area (Å²) in [7, 11) is 0. The van der Waals surface area contributed by atoms with Gasteiger partial charge in [-0.1, -0.05) is 84.0 Å². The van der Waals surface area contributed by atoms with Gasteiger partial charge in [-0.25, -0.2) is 0 Å². The highest BCUT2D eigenvalue weighted by Crippen LogP contribution is 2.06. The Balaban J connectivity index is 0. The molecule has 18 heavy (non-hydrogen) atoms. The summed E-state index contributed by atoms with van der Waals surface area (Å²) in [6.07, 6.45) is 5.44. The van der Waals surface area contributed by atoms with Crippen molar-refractivity contribution < 1.29 is 0 Å². The van der Waals surface area contributed by atoms with E-state index in [2.05, 4.69) is 70.2 Å². The minimum absolute atomic E-state index is 0.718. The molecule has 1 rings (SSSR count). The van der Waals surface area contributed by atoms with E-state index >= 15 is 0 Å². The van der Waals surface area contributed by atoms with Crippen molar-refractivity contribution in [2.24, 2.45) is 11.8 Å². The second kappa shape index (κ2) is 14.0. The van der Waals surface area contributed by atoms with Crippen molar-refractivity contribution in [3.8, 4) is 0 Å². The summed E-state index contributed by atoms with van der Waals surface area (Å²) in [5, 5.41) is 0. The van der Waals surface area contributed by atoms with Crippen LogP contribution in [0.1, 0.15) is 54.0 Å². The summed E-state index contributed by atoms with van der Waals surface area (Å²) in [6, 6.07) is 10.6. The number of hydrogen-bond acceptors (Lipinski definition) is 0. The molecule has 0 unspecified atom stereocenters. The topological polar surface area (TPSA) is 0 Å². The van der Waals surface area contributed by atoms with Gasteiger partial charge in [0, 0.05) is 0 Å². The van der Waals surface area contributed by atoms with Gasteiger partial charge >= 0.3 is 0 Å². The van der Waals surface area contributed by atoms with Crippen molar-refractivity contribution in [2.75, 3.05) is 0 Å². The summed E-state index contributed by atoms with van der Waals surface area (Å²) in [5.41, 5.74) is 1.44. The van der Waals surface area contributed by atoms with Gasteiger partial charge in [-0.15, -0.1) is 0 Å². The van der Waals surface area contributed by atoms with Crippen LogP contribution in [0.5, 0.6) is 0 Å². The van der Waals surface area contributed by atoms with Gasteiger partial charge in [0.25, 0.3) is 0 Å². The van der Waals surface area contributed by atoms with Crippen LogP contribution >= 0.6 is 0 Å². The van der Waals surface area contributed by atoms with Crippen LogP contribution in [0.25, 0.3) is 0 Å². The van der Waals surface area contributed by atoms with Crippen molar-refractivity contribution in [3.63, 3.8) is 0 Å². The Kier molecular flexibility index (Phi) is 15.0. The van der Waals surface area contributed by atoms with E-state index in [1.807, 2.05) is 20.8 Å². The molecule has 0 heteroatoms. The number of allylic oxidation sites excluding steroid dienone is 2. The molecule has 0 radical (unpaired) electrons. The van der Waals surface area contributed by atoms with E-state index < -0.39 is 0 Å². The van der Waals surface area contributed by atoms with Crippen LogP contribution < -0.4 is 0 Å². The predicted octanol–water partition coefficient (Wildman–Crippen LogP) is 6.13. The largest absolute Gasteiger partial charge is 0.0914 e. The van der Waals surface area contributed by atoms with Crippen molar-refractivity contribution in [1.29, 1.82) is 0 Å². The molecule has 0 aliphatic rings. The van der Waals surface area contributed by atoms with Gasteiger partial charge in [0.2, 0.25) is 0 Å². The SMILES string of the molecule is C/C=C/C(C)C.CC.CC(C)Cc1ccccc1. The fourth-order valence-electron chi connectivity index (χ4n) is 1.47. The standard InChI is InChI=1S/C10H14.C6H12.C2H6/c1-9(2)8-10-6-4-3-5-7-10;1-4-5-6(2)3;1-2/h3-7,9H,8H2,1-2H3;4-6H,1-3H3;1-2H3/b;5-4+;. The number of rotatable bonds is 3. The van der Waals surface area contributed by atoms with Crippen molar-refractivity contribution in [1.82, 2.24) is 0 Å². The molecule has 0 heterocycles. The maximum Gasteiger partial charge on any atom is -0.0256 e. The Bertz CT molecular complexity index is 267. The molecule has 1 aromatic rings. The normalized spacial score (nSPS) is 9.83. The highest BCUT2D eigenvalue weighted by molar-refractivity contribution is 5.14. The van der Waals surface area contributed by atoms with Crippen LogP contribution in [0, 0.1) is 11.8 Å². The summed E-state index contributed by atoms with van der Waals surface area (Å²) in [5.74, 6) is 1.48. The Morgan fingerprint density at radius 1 is 0.944 bits per heavy atom. The molecule has 0 saturated heterocycles. The third kappa shape index (κ3) is 15.0. The third-order valence-corrected chi connectivity index (χ3v) is 2.06. The van der Waals surface area contributed by atoms with Crippen LogP contribution in [-0.4, -0.2) is 0 Å². The first kappa shape index (κ1) is 19.3. The monoisotopic (exact) mass is 248 g/mol. The van der Waals surface area contributed by atoms with E-state index in [4.69, 9.17) is 0 Å². The molecular weight excluding hydrogens is 216 g/mol. The van der Waals surface area contributed by atoms with Gasteiger partial charge in [0.1, 0.15) is 0 Å². The molecule has 104 valence electrons. The third-order valence-electron chi connectivity index (χ3n) is 2.06. The molecule has 0 aliphatic carbocycles. The first-order valence-electron chi connectivity index (χ1n) is 7.23. The zero-order chi connectivity index (χ0) is 14.4. The summed E-state index contributed by atoms with van der Waals surface area (Å²) in [6.45, 7) is 14.9. The number of benzene rings is 1. The molecular formula is C18H32. The molecule has 0 atom stereocenters. The van der Waals surface area contributed by atoms with Crippen LogP contribution in [0.3, 0.4) is 0 Å². The average Bonchev–Trinajstić information content (AvgIpc) is 2.32. The smallest absolute Gasteiger partial charge is 0.0256 e. The Labute approximate surface area is 115 Å². The maximum atomic E-state index is 2.24. The highest BCUT2D eigenvalue weighted by atomic mass is 14.0. The van der Waals surface area contributed by atoms with Crippen molar-refractivity contribution in [3.05, 3.63) is 48.0 Å². The van der Waals surface area contributed by atoms with E-state index in [-0.39, 0.29) is 0 Å². The lowest BCUT2D eigenvalue weighted by atomic mass is 10.0. The molecule has 0 aromatic heterocycles. The lowest BCUT2D eigenvalue weighted by Crippen LogP contribution is -1.92. The van der Waals surface area contributed by atoms with E-state index in [0.717, 1.165) is 11.8 Å².